The second kappa shape index (κ2) is 8.33. The molecule has 2 rings (SSSR count). The Morgan fingerprint density at radius 2 is 1.73 bits per heavy atom. The fourth-order valence-corrected chi connectivity index (χ4v) is 2.65. The molecule has 0 radical (unpaired) electrons. The lowest BCUT2D eigenvalue weighted by molar-refractivity contribution is -0.136. The van der Waals surface area contributed by atoms with Crippen molar-refractivity contribution in [3.63, 3.8) is 0 Å². The Labute approximate surface area is 151 Å². The van der Waals surface area contributed by atoms with Crippen LogP contribution >= 0.6 is 0 Å². The van der Waals surface area contributed by atoms with E-state index in [1.54, 1.807) is 36.1 Å². The molecule has 138 valence electrons. The zero-order valence-corrected chi connectivity index (χ0v) is 15.0. The molecule has 26 heavy (non-hydrogen) atoms. The number of carbonyl (C=O) groups excluding carboxylic acids is 2. The Bertz CT molecular complexity index is 804. The van der Waals surface area contributed by atoms with Gasteiger partial charge in [0.15, 0.2) is 0 Å². The van der Waals surface area contributed by atoms with Gasteiger partial charge in [-0.1, -0.05) is 0 Å². The Balaban J connectivity index is 2.15. The van der Waals surface area contributed by atoms with E-state index in [-0.39, 0.29) is 23.7 Å². The van der Waals surface area contributed by atoms with E-state index < -0.39 is 11.9 Å². The van der Waals surface area contributed by atoms with Crippen molar-refractivity contribution in [3.05, 3.63) is 53.0 Å². The average molecular weight is 358 g/mol. The molecule has 0 fully saturated rings. The Morgan fingerprint density at radius 3 is 2.27 bits per heavy atom. The molecule has 0 spiro atoms. The number of benzene rings is 1. The van der Waals surface area contributed by atoms with Gasteiger partial charge in [-0.3, -0.25) is 14.4 Å². The van der Waals surface area contributed by atoms with Crippen molar-refractivity contribution in [3.8, 4) is 0 Å². The molecule has 2 amide bonds. The summed E-state index contributed by atoms with van der Waals surface area (Å²) < 4.78 is 5.17. The maximum absolute atomic E-state index is 12.5. The number of nitrogens with zero attached hydrogens (tertiary/aromatic N) is 1. The number of hydrogen-bond donors (Lipinski definition) is 2. The first-order valence-electron chi connectivity index (χ1n) is 8.36. The summed E-state index contributed by atoms with van der Waals surface area (Å²) in [6, 6.07) is 6.58. The second-order valence-corrected chi connectivity index (χ2v) is 5.80. The van der Waals surface area contributed by atoms with Gasteiger partial charge in [0.1, 0.15) is 12.2 Å². The van der Waals surface area contributed by atoms with Gasteiger partial charge in [0.2, 0.25) is 0 Å². The lowest BCUT2D eigenvalue weighted by Crippen LogP contribution is -2.30. The summed E-state index contributed by atoms with van der Waals surface area (Å²) in [5.41, 5.74) is 1.83. The molecule has 0 unspecified atom stereocenters. The van der Waals surface area contributed by atoms with E-state index in [1.807, 2.05) is 13.8 Å². The van der Waals surface area contributed by atoms with Crippen molar-refractivity contribution in [1.82, 2.24) is 4.90 Å². The SMILES string of the molecule is CCN(CC)C(=O)c1ccc(NC(=O)c2c(C)coc2CC(=O)O)cc1. The smallest absolute Gasteiger partial charge is 0.311 e. The number of hydrogen-bond acceptors (Lipinski definition) is 4. The fraction of sp³-hybridized carbons (Fsp3) is 0.316. The normalized spacial score (nSPS) is 10.4. The van der Waals surface area contributed by atoms with Gasteiger partial charge in [0.25, 0.3) is 11.8 Å². The van der Waals surface area contributed by atoms with Crippen molar-refractivity contribution >= 4 is 23.5 Å². The quantitative estimate of drug-likeness (QED) is 0.793. The number of anilines is 1. The highest BCUT2D eigenvalue weighted by Crippen LogP contribution is 2.20. The predicted molar refractivity (Wildman–Crippen MR) is 96.4 cm³/mol. The third kappa shape index (κ3) is 4.30. The van der Waals surface area contributed by atoms with E-state index in [4.69, 9.17) is 9.52 Å². The minimum absolute atomic E-state index is 0.0673. The zero-order valence-electron chi connectivity index (χ0n) is 15.0. The first kappa shape index (κ1) is 19.2. The van der Waals surface area contributed by atoms with Crippen molar-refractivity contribution in [2.75, 3.05) is 18.4 Å². The molecular formula is C19H22N2O5. The maximum Gasteiger partial charge on any atom is 0.311 e. The molecular weight excluding hydrogens is 336 g/mol. The molecule has 1 aromatic carbocycles. The van der Waals surface area contributed by atoms with E-state index in [2.05, 4.69) is 5.32 Å². The van der Waals surface area contributed by atoms with E-state index in [9.17, 15) is 14.4 Å². The zero-order chi connectivity index (χ0) is 19.3. The summed E-state index contributed by atoms with van der Waals surface area (Å²) in [7, 11) is 0. The van der Waals surface area contributed by atoms with Gasteiger partial charge in [-0.25, -0.2) is 0 Å². The van der Waals surface area contributed by atoms with Crippen LogP contribution in [0.5, 0.6) is 0 Å². The Hall–Kier alpha value is -3.09. The number of furan rings is 1. The molecule has 0 saturated carbocycles. The largest absolute Gasteiger partial charge is 0.481 e. The highest BCUT2D eigenvalue weighted by atomic mass is 16.4. The number of carboxylic acids is 1. The number of amides is 2. The van der Waals surface area contributed by atoms with Crippen LogP contribution in [0.3, 0.4) is 0 Å². The first-order valence-corrected chi connectivity index (χ1v) is 8.36. The number of aliphatic carboxylic acids is 1. The summed E-state index contributed by atoms with van der Waals surface area (Å²) >= 11 is 0. The number of rotatable bonds is 7. The first-order chi connectivity index (χ1) is 12.4. The molecule has 1 heterocycles. The van der Waals surface area contributed by atoms with Crippen LogP contribution in [-0.4, -0.2) is 40.9 Å². The molecule has 0 aliphatic rings. The third-order valence-electron chi connectivity index (χ3n) is 4.03. The van der Waals surface area contributed by atoms with Crippen LogP contribution in [-0.2, 0) is 11.2 Å². The van der Waals surface area contributed by atoms with Gasteiger partial charge in [-0.05, 0) is 45.0 Å². The summed E-state index contributed by atoms with van der Waals surface area (Å²) in [6.45, 7) is 6.76. The predicted octanol–water partition coefficient (Wildman–Crippen LogP) is 2.95. The highest BCUT2D eigenvalue weighted by molar-refractivity contribution is 6.06. The van der Waals surface area contributed by atoms with Gasteiger partial charge < -0.3 is 19.7 Å². The Morgan fingerprint density at radius 1 is 1.12 bits per heavy atom. The topological polar surface area (TPSA) is 99.9 Å². The van der Waals surface area contributed by atoms with Crippen LogP contribution in [0.4, 0.5) is 5.69 Å². The van der Waals surface area contributed by atoms with E-state index >= 15 is 0 Å². The molecule has 0 saturated heterocycles. The maximum atomic E-state index is 12.5. The molecule has 1 aromatic heterocycles. The van der Waals surface area contributed by atoms with Gasteiger partial charge in [-0.2, -0.15) is 0 Å². The van der Waals surface area contributed by atoms with Gasteiger partial charge in [-0.15, -0.1) is 0 Å². The van der Waals surface area contributed by atoms with Crippen LogP contribution in [0.15, 0.2) is 34.9 Å². The van der Waals surface area contributed by atoms with Crippen molar-refractivity contribution in [2.24, 2.45) is 0 Å². The standard InChI is InChI=1S/C19H22N2O5/c1-4-21(5-2)19(25)13-6-8-14(9-7-13)20-18(24)17-12(3)11-26-15(17)10-16(22)23/h6-9,11H,4-5,10H2,1-3H3,(H,20,24)(H,22,23). The lowest BCUT2D eigenvalue weighted by atomic mass is 10.1. The summed E-state index contributed by atoms with van der Waals surface area (Å²) in [5, 5.41) is 11.6. The summed E-state index contributed by atoms with van der Waals surface area (Å²) in [5.74, 6) is -1.48. The van der Waals surface area contributed by atoms with Gasteiger partial charge in [0, 0.05) is 29.9 Å². The molecule has 0 aliphatic carbocycles. The third-order valence-corrected chi connectivity index (χ3v) is 4.03. The van der Waals surface area contributed by atoms with E-state index in [0.29, 0.717) is 29.9 Å². The molecule has 2 aromatic rings. The molecule has 0 aliphatic heterocycles. The van der Waals surface area contributed by atoms with Crippen LogP contribution in [0.25, 0.3) is 0 Å². The molecule has 0 bridgehead atoms. The fourth-order valence-electron chi connectivity index (χ4n) is 2.65. The minimum Gasteiger partial charge on any atom is -0.481 e. The molecule has 7 nitrogen and oxygen atoms in total. The van der Waals surface area contributed by atoms with E-state index in [1.165, 1.54) is 6.26 Å². The molecule has 0 atom stereocenters. The van der Waals surface area contributed by atoms with Crippen LogP contribution in [0, 0.1) is 6.92 Å². The number of carbonyl (C=O) groups is 3. The van der Waals surface area contributed by atoms with Crippen LogP contribution in [0.1, 0.15) is 45.9 Å². The summed E-state index contributed by atoms with van der Waals surface area (Å²) in [6.07, 6.45) is 0.993. The summed E-state index contributed by atoms with van der Waals surface area (Å²) in [4.78, 5) is 37.4. The van der Waals surface area contributed by atoms with Crippen molar-refractivity contribution in [2.45, 2.75) is 27.2 Å². The average Bonchev–Trinajstić information content (AvgIpc) is 2.96. The van der Waals surface area contributed by atoms with Crippen LogP contribution in [0.2, 0.25) is 0 Å². The number of carboxylic acid groups (broad SMARTS) is 1. The molecule has 2 N–H and O–H groups in total. The number of nitrogens with one attached hydrogen (secondary N) is 1. The number of aryl methyl sites for hydroxylation is 1. The van der Waals surface area contributed by atoms with Gasteiger partial charge in [0.05, 0.1) is 11.8 Å². The van der Waals surface area contributed by atoms with Crippen molar-refractivity contribution < 1.29 is 23.9 Å². The second-order valence-electron chi connectivity index (χ2n) is 5.80. The monoisotopic (exact) mass is 358 g/mol. The van der Waals surface area contributed by atoms with Crippen LogP contribution < -0.4 is 5.32 Å². The van der Waals surface area contributed by atoms with Crippen molar-refractivity contribution in [1.29, 1.82) is 0 Å². The highest BCUT2D eigenvalue weighted by Gasteiger charge is 2.21. The van der Waals surface area contributed by atoms with E-state index in [0.717, 1.165) is 0 Å². The van der Waals surface area contributed by atoms with Gasteiger partial charge >= 0.3 is 5.97 Å². The Kier molecular flexibility index (Phi) is 6.16. The minimum atomic E-state index is -1.08. The lowest BCUT2D eigenvalue weighted by Gasteiger charge is -2.18. The molecule has 7 heteroatoms.